The van der Waals surface area contributed by atoms with E-state index in [-0.39, 0.29) is 17.6 Å². The van der Waals surface area contributed by atoms with E-state index in [0.717, 1.165) is 43.6 Å². The number of rotatable bonds is 9. The first-order valence-corrected chi connectivity index (χ1v) is 11.5. The van der Waals surface area contributed by atoms with E-state index >= 15 is 4.39 Å². The van der Waals surface area contributed by atoms with Gasteiger partial charge in [0.2, 0.25) is 5.91 Å². The fourth-order valence-electron chi connectivity index (χ4n) is 4.30. The predicted octanol–water partition coefficient (Wildman–Crippen LogP) is 6.01. The van der Waals surface area contributed by atoms with Gasteiger partial charge in [-0.05, 0) is 43.9 Å². The van der Waals surface area contributed by atoms with Crippen molar-refractivity contribution in [2.45, 2.75) is 53.4 Å². The summed E-state index contributed by atoms with van der Waals surface area (Å²) in [6.07, 6.45) is 13.4. The Labute approximate surface area is 185 Å². The van der Waals surface area contributed by atoms with Crippen LogP contribution in [0.4, 0.5) is 15.8 Å². The highest BCUT2D eigenvalue weighted by Crippen LogP contribution is 2.36. The van der Waals surface area contributed by atoms with Gasteiger partial charge in [0.05, 0.1) is 11.6 Å². The molecule has 0 radical (unpaired) electrons. The molecule has 1 N–H and O–H groups in total. The zero-order valence-corrected chi connectivity index (χ0v) is 19.1. The molecule has 0 saturated carbocycles. The molecular formula is C26H34FN3O. The normalized spacial score (nSPS) is 20.4. The first-order chi connectivity index (χ1) is 15.0. The summed E-state index contributed by atoms with van der Waals surface area (Å²) in [5, 5.41) is 2.98. The molecule has 1 aromatic rings. The second kappa shape index (κ2) is 10.6. The van der Waals surface area contributed by atoms with Gasteiger partial charge in [0.1, 0.15) is 5.69 Å². The van der Waals surface area contributed by atoms with E-state index in [1.165, 1.54) is 0 Å². The molecule has 5 heteroatoms. The van der Waals surface area contributed by atoms with E-state index in [0.29, 0.717) is 23.5 Å². The molecule has 1 saturated heterocycles. The molecular weight excluding hydrogens is 389 g/mol. The molecule has 0 aromatic heterocycles. The van der Waals surface area contributed by atoms with Gasteiger partial charge in [-0.2, -0.15) is 0 Å². The van der Waals surface area contributed by atoms with Gasteiger partial charge in [-0.1, -0.05) is 57.6 Å². The number of fused-ring (bicyclic) bond motifs is 1. The van der Waals surface area contributed by atoms with Crippen LogP contribution in [0.2, 0.25) is 0 Å². The van der Waals surface area contributed by atoms with Gasteiger partial charge in [-0.25, -0.2) is 4.39 Å². The summed E-state index contributed by atoms with van der Waals surface area (Å²) in [5.41, 5.74) is 3.33. The van der Waals surface area contributed by atoms with E-state index in [1.54, 1.807) is 0 Å². The lowest BCUT2D eigenvalue weighted by molar-refractivity contribution is -0.120. The van der Waals surface area contributed by atoms with Gasteiger partial charge in [0.25, 0.3) is 0 Å². The maximum Gasteiger partial charge on any atom is 0.233 e. The Balaban J connectivity index is 2.01. The van der Waals surface area contributed by atoms with Crippen LogP contribution in [0.5, 0.6) is 0 Å². The van der Waals surface area contributed by atoms with Gasteiger partial charge >= 0.3 is 0 Å². The maximum absolute atomic E-state index is 15.7. The van der Waals surface area contributed by atoms with Gasteiger partial charge in [-0.3, -0.25) is 9.79 Å². The molecule has 3 rings (SSSR count). The molecule has 4 nitrogen and oxygen atoms in total. The van der Waals surface area contributed by atoms with Crippen molar-refractivity contribution in [3.05, 3.63) is 59.6 Å². The number of carbonyl (C=O) groups is 1. The fourth-order valence-corrected chi connectivity index (χ4v) is 4.30. The number of allylic oxidation sites excluding steroid dienone is 5. The molecule has 1 aliphatic carbocycles. The Morgan fingerprint density at radius 2 is 1.94 bits per heavy atom. The topological polar surface area (TPSA) is 44.7 Å². The molecule has 1 aliphatic heterocycles. The number of hydrogen-bond acceptors (Lipinski definition) is 3. The second-order valence-electron chi connectivity index (χ2n) is 8.25. The first-order valence-electron chi connectivity index (χ1n) is 11.5. The minimum atomic E-state index is -0.415. The molecule has 166 valence electrons. The van der Waals surface area contributed by atoms with Crippen molar-refractivity contribution in [1.82, 2.24) is 5.32 Å². The highest BCUT2D eigenvalue weighted by Gasteiger charge is 2.40. The van der Waals surface area contributed by atoms with Crippen LogP contribution in [0.3, 0.4) is 0 Å². The van der Waals surface area contributed by atoms with Crippen molar-refractivity contribution in [3.63, 3.8) is 0 Å². The van der Waals surface area contributed by atoms with Gasteiger partial charge in [0, 0.05) is 30.4 Å². The summed E-state index contributed by atoms with van der Waals surface area (Å²) in [4.78, 5) is 19.7. The van der Waals surface area contributed by atoms with Gasteiger partial charge in [-0.15, -0.1) is 0 Å². The van der Waals surface area contributed by atoms with Crippen LogP contribution in [0.15, 0.2) is 53.2 Å². The third-order valence-corrected chi connectivity index (χ3v) is 5.97. The lowest BCUT2D eigenvalue weighted by Crippen LogP contribution is -2.27. The number of carbonyl (C=O) groups excluding carboxylic acids is 1. The van der Waals surface area contributed by atoms with E-state index in [9.17, 15) is 4.79 Å². The van der Waals surface area contributed by atoms with Crippen molar-refractivity contribution in [2.24, 2.45) is 16.8 Å². The van der Waals surface area contributed by atoms with E-state index in [1.807, 2.05) is 56.4 Å². The largest absolute Gasteiger partial charge is 0.369 e. The average molecular weight is 424 g/mol. The Morgan fingerprint density at radius 3 is 2.65 bits per heavy atom. The standard InChI is InChI=1S/C26H34FN3O/c1-5-8-17-30(16-6-2)22-15-14-18(4)25(24(22)27)28-20(7-3)23-19-12-10-9-11-13-21(19)29-26(23)31/h9-15,19,23H,5-8,16-17H2,1-4H3,(H,29,31). The number of hydrogen-bond donors (Lipinski definition) is 1. The molecule has 2 aliphatic rings. The predicted molar refractivity (Wildman–Crippen MR) is 127 cm³/mol. The molecule has 2 atom stereocenters. The van der Waals surface area contributed by atoms with Crippen LogP contribution in [0.25, 0.3) is 0 Å². The molecule has 0 bridgehead atoms. The highest BCUT2D eigenvalue weighted by molar-refractivity contribution is 6.08. The van der Waals surface area contributed by atoms with Crippen LogP contribution < -0.4 is 10.2 Å². The summed E-state index contributed by atoms with van der Waals surface area (Å²) in [6.45, 7) is 9.75. The van der Waals surface area contributed by atoms with Crippen LogP contribution in [0, 0.1) is 24.6 Å². The number of aliphatic imine (C=N–C) groups is 1. The molecule has 0 spiro atoms. The molecule has 2 unspecified atom stereocenters. The van der Waals surface area contributed by atoms with Crippen molar-refractivity contribution >= 4 is 23.0 Å². The minimum Gasteiger partial charge on any atom is -0.369 e. The maximum atomic E-state index is 15.7. The zero-order valence-electron chi connectivity index (χ0n) is 19.1. The van der Waals surface area contributed by atoms with Crippen molar-refractivity contribution in [3.8, 4) is 0 Å². The lowest BCUT2D eigenvalue weighted by atomic mass is 9.87. The van der Waals surface area contributed by atoms with E-state index < -0.39 is 5.92 Å². The van der Waals surface area contributed by atoms with E-state index in [2.05, 4.69) is 24.1 Å². The summed E-state index contributed by atoms with van der Waals surface area (Å²) in [6, 6.07) is 3.80. The van der Waals surface area contributed by atoms with Crippen LogP contribution in [0.1, 0.15) is 52.0 Å². The summed E-state index contributed by atoms with van der Waals surface area (Å²) >= 11 is 0. The van der Waals surface area contributed by atoms with Gasteiger partial charge < -0.3 is 10.2 Å². The zero-order chi connectivity index (χ0) is 22.4. The number of amides is 1. The number of benzene rings is 1. The third kappa shape index (κ3) is 4.97. The Bertz CT molecular complexity index is 929. The molecule has 1 fully saturated rings. The van der Waals surface area contributed by atoms with Crippen LogP contribution >= 0.6 is 0 Å². The van der Waals surface area contributed by atoms with Crippen molar-refractivity contribution in [1.29, 1.82) is 0 Å². The van der Waals surface area contributed by atoms with E-state index in [4.69, 9.17) is 4.99 Å². The van der Waals surface area contributed by atoms with Crippen molar-refractivity contribution < 1.29 is 9.18 Å². The molecule has 1 amide bonds. The number of unbranched alkanes of at least 4 members (excludes halogenated alkanes) is 1. The monoisotopic (exact) mass is 423 g/mol. The molecule has 1 aromatic carbocycles. The fraction of sp³-hybridized carbons (Fsp3) is 0.462. The number of halogens is 1. The Hall–Kier alpha value is -2.69. The number of anilines is 1. The number of aryl methyl sites for hydroxylation is 1. The number of nitrogens with zero attached hydrogens (tertiary/aromatic N) is 2. The quantitative estimate of drug-likeness (QED) is 0.495. The Morgan fingerprint density at radius 1 is 1.13 bits per heavy atom. The average Bonchev–Trinajstić information content (AvgIpc) is 2.91. The SMILES string of the molecule is CCCCN(CCC)c1ccc(C)c(N=C(CC)C2C(=O)NC3=CC=CC=CC32)c1F. The smallest absolute Gasteiger partial charge is 0.233 e. The highest BCUT2D eigenvalue weighted by atomic mass is 19.1. The van der Waals surface area contributed by atoms with Gasteiger partial charge in [0.15, 0.2) is 5.82 Å². The molecule has 31 heavy (non-hydrogen) atoms. The second-order valence-corrected chi connectivity index (χ2v) is 8.25. The first kappa shape index (κ1) is 23.0. The van der Waals surface area contributed by atoms with Crippen molar-refractivity contribution in [2.75, 3.05) is 18.0 Å². The summed E-state index contributed by atoms with van der Waals surface area (Å²) in [7, 11) is 0. The third-order valence-electron chi connectivity index (χ3n) is 5.97. The Kier molecular flexibility index (Phi) is 7.83. The molecule has 1 heterocycles. The summed E-state index contributed by atoms with van der Waals surface area (Å²) in [5.74, 6) is -0.861. The summed E-state index contributed by atoms with van der Waals surface area (Å²) < 4.78 is 15.7. The minimum absolute atomic E-state index is 0.0680. The number of nitrogens with one attached hydrogen (secondary N) is 1. The van der Waals surface area contributed by atoms with Crippen LogP contribution in [-0.4, -0.2) is 24.7 Å². The van der Waals surface area contributed by atoms with Crippen LogP contribution in [-0.2, 0) is 4.79 Å². The lowest BCUT2D eigenvalue weighted by Gasteiger charge is -2.26.